The summed E-state index contributed by atoms with van der Waals surface area (Å²) in [4.78, 5) is 12.1. The van der Waals surface area contributed by atoms with Crippen LogP contribution in [0.1, 0.15) is 58.8 Å². The van der Waals surface area contributed by atoms with Crippen LogP contribution in [0.3, 0.4) is 0 Å². The van der Waals surface area contributed by atoms with Crippen LogP contribution in [0.15, 0.2) is 12.2 Å². The van der Waals surface area contributed by atoms with Crippen LogP contribution >= 0.6 is 0 Å². The van der Waals surface area contributed by atoms with Crippen LogP contribution in [0.5, 0.6) is 0 Å². The van der Waals surface area contributed by atoms with Crippen LogP contribution < -0.4 is 0 Å². The van der Waals surface area contributed by atoms with Gasteiger partial charge in [0.1, 0.15) is 5.60 Å². The highest BCUT2D eigenvalue weighted by molar-refractivity contribution is 5.87. The largest absolute Gasteiger partial charge is 0.455 e. The highest BCUT2D eigenvalue weighted by atomic mass is 16.6. The van der Waals surface area contributed by atoms with Crippen molar-refractivity contribution >= 4 is 5.97 Å². The van der Waals surface area contributed by atoms with Gasteiger partial charge in [-0.25, -0.2) is 4.79 Å². The topological polar surface area (TPSA) is 26.3 Å². The fourth-order valence-electron chi connectivity index (χ4n) is 5.31. The highest BCUT2D eigenvalue weighted by Gasteiger charge is 2.58. The van der Waals surface area contributed by atoms with Gasteiger partial charge in [0.05, 0.1) is 0 Å². The summed E-state index contributed by atoms with van der Waals surface area (Å²) in [5, 5.41) is 0. The highest BCUT2D eigenvalue weighted by Crippen LogP contribution is 2.61. The van der Waals surface area contributed by atoms with E-state index >= 15 is 0 Å². The maximum Gasteiger partial charge on any atom is 0.333 e. The van der Waals surface area contributed by atoms with Crippen molar-refractivity contribution in [1.82, 2.24) is 0 Å². The van der Waals surface area contributed by atoms with Gasteiger partial charge in [0.25, 0.3) is 0 Å². The lowest BCUT2D eigenvalue weighted by Crippen LogP contribution is -2.59. The van der Waals surface area contributed by atoms with E-state index in [9.17, 15) is 4.79 Å². The predicted molar refractivity (Wildman–Crippen MR) is 75.6 cm³/mol. The molecule has 0 saturated heterocycles. The molecule has 4 aliphatic carbocycles. The van der Waals surface area contributed by atoms with Crippen LogP contribution in [0.2, 0.25) is 0 Å². The van der Waals surface area contributed by atoms with Gasteiger partial charge in [-0.05, 0) is 63.2 Å². The molecule has 4 fully saturated rings. The molecule has 3 unspecified atom stereocenters. The Hall–Kier alpha value is -0.790. The average molecular weight is 262 g/mol. The number of hydrogen-bond acceptors (Lipinski definition) is 2. The first-order valence-corrected chi connectivity index (χ1v) is 7.93. The number of carbonyl (C=O) groups is 1. The van der Waals surface area contributed by atoms with Crippen molar-refractivity contribution in [3.8, 4) is 0 Å². The summed E-state index contributed by atoms with van der Waals surface area (Å²) in [5.41, 5.74) is 0.409. The molecule has 0 spiro atoms. The zero-order chi connectivity index (χ0) is 13.6. The van der Waals surface area contributed by atoms with E-state index < -0.39 is 0 Å². The summed E-state index contributed by atoms with van der Waals surface area (Å²) in [6, 6.07) is 0. The SMILES string of the molecule is C=C(C)C(=O)OC12CC3CC(CC(C3)C1CCC)C2. The zero-order valence-electron chi connectivity index (χ0n) is 12.3. The summed E-state index contributed by atoms with van der Waals surface area (Å²) in [6.45, 7) is 7.76. The van der Waals surface area contributed by atoms with Gasteiger partial charge in [0, 0.05) is 11.5 Å². The third-order valence-corrected chi connectivity index (χ3v) is 5.70. The van der Waals surface area contributed by atoms with Crippen molar-refractivity contribution in [2.45, 2.75) is 64.4 Å². The van der Waals surface area contributed by atoms with Crippen LogP contribution in [0.4, 0.5) is 0 Å². The number of rotatable bonds is 4. The lowest BCUT2D eigenvalue weighted by atomic mass is 9.49. The molecule has 0 aromatic rings. The Morgan fingerprint density at radius 2 is 1.89 bits per heavy atom. The molecule has 0 aromatic heterocycles. The van der Waals surface area contributed by atoms with Crippen molar-refractivity contribution in [2.75, 3.05) is 0 Å². The van der Waals surface area contributed by atoms with E-state index in [1.165, 1.54) is 32.1 Å². The van der Waals surface area contributed by atoms with Gasteiger partial charge in [0.2, 0.25) is 0 Å². The van der Waals surface area contributed by atoms with E-state index in [-0.39, 0.29) is 11.6 Å². The average Bonchev–Trinajstić information content (AvgIpc) is 2.32. The van der Waals surface area contributed by atoms with Gasteiger partial charge in [-0.2, -0.15) is 0 Å². The fourth-order valence-corrected chi connectivity index (χ4v) is 5.31. The molecule has 2 nitrogen and oxygen atoms in total. The zero-order valence-corrected chi connectivity index (χ0v) is 12.3. The summed E-state index contributed by atoms with van der Waals surface area (Å²) >= 11 is 0. The second kappa shape index (κ2) is 4.64. The summed E-state index contributed by atoms with van der Waals surface area (Å²) in [6.07, 6.45) is 8.78. The third kappa shape index (κ3) is 2.13. The van der Waals surface area contributed by atoms with Gasteiger partial charge < -0.3 is 4.74 Å². The van der Waals surface area contributed by atoms with Gasteiger partial charge in [-0.1, -0.05) is 19.9 Å². The molecule has 4 saturated carbocycles. The Labute approximate surface area is 116 Å². The van der Waals surface area contributed by atoms with Crippen LogP contribution in [-0.2, 0) is 9.53 Å². The van der Waals surface area contributed by atoms with Crippen LogP contribution in [-0.4, -0.2) is 11.6 Å². The van der Waals surface area contributed by atoms with Crippen molar-refractivity contribution in [2.24, 2.45) is 23.7 Å². The second-order valence-electron chi connectivity index (χ2n) is 7.24. The minimum atomic E-state index is -0.164. The molecule has 0 heterocycles. The fraction of sp³-hybridized carbons (Fsp3) is 0.824. The lowest BCUT2D eigenvalue weighted by Gasteiger charge is -2.60. The molecule has 0 radical (unpaired) electrons. The van der Waals surface area contributed by atoms with Gasteiger partial charge in [-0.15, -0.1) is 0 Å². The van der Waals surface area contributed by atoms with E-state index in [2.05, 4.69) is 13.5 Å². The first-order chi connectivity index (χ1) is 9.04. The van der Waals surface area contributed by atoms with Crippen molar-refractivity contribution in [3.05, 3.63) is 12.2 Å². The lowest BCUT2D eigenvalue weighted by molar-refractivity contribution is -0.206. The molecule has 106 valence electrons. The van der Waals surface area contributed by atoms with E-state index in [1.54, 1.807) is 6.92 Å². The molecule has 3 atom stereocenters. The third-order valence-electron chi connectivity index (χ3n) is 5.70. The maximum absolute atomic E-state index is 12.1. The molecule has 4 rings (SSSR count). The smallest absolute Gasteiger partial charge is 0.333 e. The molecule has 0 aliphatic heterocycles. The second-order valence-corrected chi connectivity index (χ2v) is 7.24. The summed E-state index contributed by atoms with van der Waals surface area (Å²) < 4.78 is 6.04. The Balaban J connectivity index is 1.86. The minimum Gasteiger partial charge on any atom is -0.455 e. The van der Waals surface area contributed by atoms with Crippen LogP contribution in [0.25, 0.3) is 0 Å². The number of esters is 1. The van der Waals surface area contributed by atoms with E-state index in [0.717, 1.165) is 30.6 Å². The Morgan fingerprint density at radius 1 is 1.26 bits per heavy atom. The molecule has 0 N–H and O–H groups in total. The Kier molecular flexibility index (Phi) is 3.23. The van der Waals surface area contributed by atoms with Crippen molar-refractivity contribution in [3.63, 3.8) is 0 Å². The number of hydrogen-bond donors (Lipinski definition) is 0. The molecule has 4 aliphatic rings. The van der Waals surface area contributed by atoms with Gasteiger partial charge in [-0.3, -0.25) is 0 Å². The number of carbonyl (C=O) groups excluding carboxylic acids is 1. The normalized spacial score (nSPS) is 43.3. The van der Waals surface area contributed by atoms with Crippen LogP contribution in [0, 0.1) is 23.7 Å². The van der Waals surface area contributed by atoms with E-state index in [4.69, 9.17) is 4.74 Å². The molecule has 4 bridgehead atoms. The molecule has 0 aromatic carbocycles. The van der Waals surface area contributed by atoms with E-state index in [1.807, 2.05) is 0 Å². The molecular formula is C17H26O2. The molecule has 19 heavy (non-hydrogen) atoms. The predicted octanol–water partition coefficient (Wildman–Crippen LogP) is 4.10. The standard InChI is InChI=1S/C17H26O2/c1-4-5-15-14-7-12-6-13(8-14)10-17(15,9-12)19-16(18)11(2)3/h12-15H,2,4-10H2,1,3H3. The molecule has 0 amide bonds. The minimum absolute atomic E-state index is 0.138. The summed E-state index contributed by atoms with van der Waals surface area (Å²) in [7, 11) is 0. The molecule has 2 heteroatoms. The Morgan fingerprint density at radius 3 is 2.42 bits per heavy atom. The van der Waals surface area contributed by atoms with Crippen molar-refractivity contribution < 1.29 is 9.53 Å². The van der Waals surface area contributed by atoms with Gasteiger partial charge >= 0.3 is 5.97 Å². The Bertz CT molecular complexity index is 384. The first kappa shape index (κ1) is 13.2. The monoisotopic (exact) mass is 262 g/mol. The molecular weight excluding hydrogens is 236 g/mol. The number of ether oxygens (including phenoxy) is 1. The quantitative estimate of drug-likeness (QED) is 0.563. The van der Waals surface area contributed by atoms with Crippen molar-refractivity contribution in [1.29, 1.82) is 0 Å². The summed E-state index contributed by atoms with van der Waals surface area (Å²) in [5.74, 6) is 2.87. The maximum atomic E-state index is 12.1. The van der Waals surface area contributed by atoms with Gasteiger partial charge in [0.15, 0.2) is 0 Å². The van der Waals surface area contributed by atoms with E-state index in [0.29, 0.717) is 11.5 Å². The first-order valence-electron chi connectivity index (χ1n) is 7.93.